The van der Waals surface area contributed by atoms with Gasteiger partial charge in [0.1, 0.15) is 5.76 Å². The topological polar surface area (TPSA) is 52.0 Å². The molecule has 0 atom stereocenters. The molecule has 0 saturated heterocycles. The molecule has 1 aromatic carbocycles. The number of hydrogen-bond donors (Lipinski definition) is 1. The van der Waals surface area contributed by atoms with Crippen LogP contribution >= 0.6 is 0 Å². The second-order valence-electron chi connectivity index (χ2n) is 3.82. The zero-order valence-corrected chi connectivity index (χ0v) is 9.16. The van der Waals surface area contributed by atoms with Gasteiger partial charge >= 0.3 is 0 Å². The van der Waals surface area contributed by atoms with Crippen molar-refractivity contribution in [2.24, 2.45) is 0 Å². The number of rotatable bonds is 1. The first kappa shape index (κ1) is 9.77. The maximum Gasteiger partial charge on any atom is 0.175 e. The van der Waals surface area contributed by atoms with E-state index in [1.165, 1.54) is 11.1 Å². The Balaban J connectivity index is 2.64. The minimum Gasteiger partial charge on any atom is -0.380 e. The fraction of sp³-hybridized carbons (Fsp3) is 0.250. The van der Waals surface area contributed by atoms with Crippen LogP contribution in [0.25, 0.3) is 11.1 Å². The lowest BCUT2D eigenvalue weighted by atomic mass is 9.99. The molecule has 0 radical (unpaired) electrons. The van der Waals surface area contributed by atoms with E-state index in [-0.39, 0.29) is 0 Å². The molecule has 1 heterocycles. The van der Waals surface area contributed by atoms with Crippen LogP contribution in [0, 0.1) is 20.8 Å². The molecule has 0 aliphatic carbocycles. The highest BCUT2D eigenvalue weighted by Crippen LogP contribution is 2.31. The van der Waals surface area contributed by atoms with Gasteiger partial charge in [-0.1, -0.05) is 28.9 Å². The number of nitrogens with zero attached hydrogens (tertiary/aromatic N) is 1. The molecule has 2 rings (SSSR count). The largest absolute Gasteiger partial charge is 0.380 e. The fourth-order valence-electron chi connectivity index (χ4n) is 1.81. The minimum absolute atomic E-state index is 0.458. The van der Waals surface area contributed by atoms with E-state index in [0.717, 1.165) is 16.9 Å². The summed E-state index contributed by atoms with van der Waals surface area (Å²) in [7, 11) is 0. The number of aryl methyl sites for hydroxylation is 3. The van der Waals surface area contributed by atoms with Gasteiger partial charge in [0, 0.05) is 0 Å². The standard InChI is InChI=1S/C12H14N2O/c1-7-4-5-10(8(2)6-7)11-9(3)15-14-12(11)13/h4-6H,1-3H3,(H2,13,14). The lowest BCUT2D eigenvalue weighted by molar-refractivity contribution is 0.401. The van der Waals surface area contributed by atoms with Gasteiger partial charge in [0.05, 0.1) is 5.56 Å². The van der Waals surface area contributed by atoms with Crippen LogP contribution in [-0.4, -0.2) is 5.16 Å². The van der Waals surface area contributed by atoms with Crippen LogP contribution in [0.15, 0.2) is 22.7 Å². The summed E-state index contributed by atoms with van der Waals surface area (Å²) in [5.74, 6) is 1.22. The summed E-state index contributed by atoms with van der Waals surface area (Å²) in [4.78, 5) is 0. The Kier molecular flexibility index (Phi) is 2.23. The molecule has 0 saturated carbocycles. The first-order valence-corrected chi connectivity index (χ1v) is 4.89. The van der Waals surface area contributed by atoms with E-state index in [9.17, 15) is 0 Å². The number of benzene rings is 1. The van der Waals surface area contributed by atoms with Crippen LogP contribution in [0.5, 0.6) is 0 Å². The second kappa shape index (κ2) is 3.42. The Morgan fingerprint density at radius 2 is 1.93 bits per heavy atom. The molecule has 2 aromatic rings. The highest BCUT2D eigenvalue weighted by atomic mass is 16.5. The molecule has 3 heteroatoms. The van der Waals surface area contributed by atoms with Crippen LogP contribution in [0.2, 0.25) is 0 Å². The molecule has 2 N–H and O–H groups in total. The number of nitrogen functional groups attached to an aromatic ring is 1. The summed E-state index contributed by atoms with van der Waals surface area (Å²) in [6, 6.07) is 6.25. The van der Waals surface area contributed by atoms with E-state index in [2.05, 4.69) is 37.2 Å². The predicted octanol–water partition coefficient (Wildman–Crippen LogP) is 2.85. The lowest BCUT2D eigenvalue weighted by Crippen LogP contribution is -1.91. The van der Waals surface area contributed by atoms with E-state index in [1.807, 2.05) is 6.92 Å². The Bertz CT molecular complexity index is 481. The predicted molar refractivity (Wildman–Crippen MR) is 60.6 cm³/mol. The molecule has 0 bridgehead atoms. The summed E-state index contributed by atoms with van der Waals surface area (Å²) in [6.45, 7) is 6.01. The summed E-state index contributed by atoms with van der Waals surface area (Å²) in [6.07, 6.45) is 0. The van der Waals surface area contributed by atoms with Crippen molar-refractivity contribution in [3.8, 4) is 11.1 Å². The Labute approximate surface area is 88.9 Å². The smallest absolute Gasteiger partial charge is 0.175 e. The Hall–Kier alpha value is -1.77. The Morgan fingerprint density at radius 3 is 2.47 bits per heavy atom. The molecule has 78 valence electrons. The Morgan fingerprint density at radius 1 is 1.20 bits per heavy atom. The van der Waals surface area contributed by atoms with Crippen molar-refractivity contribution in [2.45, 2.75) is 20.8 Å². The maximum atomic E-state index is 5.78. The monoisotopic (exact) mass is 202 g/mol. The van der Waals surface area contributed by atoms with Crippen LogP contribution in [0.1, 0.15) is 16.9 Å². The molecule has 1 aromatic heterocycles. The van der Waals surface area contributed by atoms with Crippen LogP contribution < -0.4 is 5.73 Å². The molecule has 0 fully saturated rings. The normalized spacial score (nSPS) is 10.6. The van der Waals surface area contributed by atoms with Gasteiger partial charge in [-0.05, 0) is 31.9 Å². The minimum atomic E-state index is 0.458. The fourth-order valence-corrected chi connectivity index (χ4v) is 1.81. The van der Waals surface area contributed by atoms with Crippen LogP contribution in [0.4, 0.5) is 5.82 Å². The summed E-state index contributed by atoms with van der Waals surface area (Å²) in [5, 5.41) is 3.76. The van der Waals surface area contributed by atoms with Crippen LogP contribution in [-0.2, 0) is 0 Å². The van der Waals surface area contributed by atoms with Crippen LogP contribution in [0.3, 0.4) is 0 Å². The van der Waals surface area contributed by atoms with E-state index < -0.39 is 0 Å². The third-order valence-electron chi connectivity index (χ3n) is 2.54. The van der Waals surface area contributed by atoms with Gasteiger partial charge in [0.25, 0.3) is 0 Å². The third-order valence-corrected chi connectivity index (χ3v) is 2.54. The zero-order chi connectivity index (χ0) is 11.0. The average Bonchev–Trinajstić information content (AvgIpc) is 2.48. The van der Waals surface area contributed by atoms with E-state index >= 15 is 0 Å². The van der Waals surface area contributed by atoms with Gasteiger partial charge in [-0.25, -0.2) is 0 Å². The summed E-state index contributed by atoms with van der Waals surface area (Å²) < 4.78 is 5.06. The lowest BCUT2D eigenvalue weighted by Gasteiger charge is -2.05. The van der Waals surface area contributed by atoms with Gasteiger partial charge in [0.15, 0.2) is 5.82 Å². The third kappa shape index (κ3) is 1.61. The number of nitrogens with two attached hydrogens (primary N) is 1. The van der Waals surface area contributed by atoms with Crippen molar-refractivity contribution >= 4 is 5.82 Å². The van der Waals surface area contributed by atoms with E-state index in [1.54, 1.807) is 0 Å². The van der Waals surface area contributed by atoms with Crippen molar-refractivity contribution in [1.29, 1.82) is 0 Å². The number of hydrogen-bond acceptors (Lipinski definition) is 3. The molecule has 0 unspecified atom stereocenters. The van der Waals surface area contributed by atoms with Crippen molar-refractivity contribution in [2.75, 3.05) is 5.73 Å². The van der Waals surface area contributed by atoms with Gasteiger partial charge in [-0.15, -0.1) is 0 Å². The first-order chi connectivity index (χ1) is 7.09. The van der Waals surface area contributed by atoms with E-state index in [0.29, 0.717) is 5.82 Å². The molecular weight excluding hydrogens is 188 g/mol. The summed E-state index contributed by atoms with van der Waals surface area (Å²) >= 11 is 0. The number of anilines is 1. The zero-order valence-electron chi connectivity index (χ0n) is 9.16. The van der Waals surface area contributed by atoms with Gasteiger partial charge in [0.2, 0.25) is 0 Å². The average molecular weight is 202 g/mol. The van der Waals surface area contributed by atoms with E-state index in [4.69, 9.17) is 10.3 Å². The van der Waals surface area contributed by atoms with Crippen molar-refractivity contribution in [1.82, 2.24) is 5.16 Å². The second-order valence-corrected chi connectivity index (χ2v) is 3.82. The highest BCUT2D eigenvalue weighted by molar-refractivity contribution is 5.77. The van der Waals surface area contributed by atoms with Crippen molar-refractivity contribution < 1.29 is 4.52 Å². The first-order valence-electron chi connectivity index (χ1n) is 4.89. The van der Waals surface area contributed by atoms with Crippen molar-refractivity contribution in [3.63, 3.8) is 0 Å². The molecule has 0 spiro atoms. The molecule has 3 nitrogen and oxygen atoms in total. The molecule has 0 aliphatic rings. The highest BCUT2D eigenvalue weighted by Gasteiger charge is 2.13. The maximum absolute atomic E-state index is 5.78. The van der Waals surface area contributed by atoms with Crippen molar-refractivity contribution in [3.05, 3.63) is 35.1 Å². The molecule has 0 amide bonds. The summed E-state index contributed by atoms with van der Waals surface area (Å²) in [5.41, 5.74) is 10.2. The molecule has 15 heavy (non-hydrogen) atoms. The van der Waals surface area contributed by atoms with Gasteiger partial charge < -0.3 is 10.3 Å². The molecular formula is C12H14N2O. The quantitative estimate of drug-likeness (QED) is 0.773. The van der Waals surface area contributed by atoms with Gasteiger partial charge in [-0.2, -0.15) is 0 Å². The number of aromatic nitrogens is 1. The van der Waals surface area contributed by atoms with Gasteiger partial charge in [-0.3, -0.25) is 0 Å². The SMILES string of the molecule is Cc1ccc(-c2c(N)noc2C)c(C)c1. The molecule has 0 aliphatic heterocycles.